The fourth-order valence-corrected chi connectivity index (χ4v) is 2.64. The fourth-order valence-electron chi connectivity index (χ4n) is 2.64. The zero-order valence-corrected chi connectivity index (χ0v) is 11.7. The highest BCUT2D eigenvalue weighted by atomic mass is 16.5. The number of rotatable bonds is 2. The second kappa shape index (κ2) is 5.32. The third-order valence-corrected chi connectivity index (χ3v) is 3.94. The summed E-state index contributed by atoms with van der Waals surface area (Å²) in [6.07, 6.45) is 1.68. The van der Waals surface area contributed by atoms with Gasteiger partial charge in [-0.2, -0.15) is 0 Å². The van der Waals surface area contributed by atoms with Gasteiger partial charge in [-0.3, -0.25) is 4.79 Å². The minimum atomic E-state index is -0.194. The highest BCUT2D eigenvalue weighted by Crippen LogP contribution is 2.32. The molecule has 5 heteroatoms. The van der Waals surface area contributed by atoms with Gasteiger partial charge in [-0.1, -0.05) is 6.07 Å². The summed E-state index contributed by atoms with van der Waals surface area (Å²) in [7, 11) is 0. The van der Waals surface area contributed by atoms with E-state index in [1.54, 1.807) is 0 Å². The summed E-state index contributed by atoms with van der Waals surface area (Å²) >= 11 is 0. The number of benzene rings is 1. The Bertz CT molecular complexity index is 510. The maximum atomic E-state index is 12.5. The third-order valence-electron chi connectivity index (χ3n) is 3.94. The van der Waals surface area contributed by atoms with Crippen LogP contribution in [0.4, 0.5) is 5.69 Å². The van der Waals surface area contributed by atoms with Crippen LogP contribution in [-0.4, -0.2) is 37.8 Å². The standard InChI is InChI=1S/C15H20N2O3/c1-15(5-8-19-9-6-15)17-14(18)11-3-2-4-12-13(11)20-10-7-16-12/h2-4,16H,5-10H2,1H3,(H,17,18). The van der Waals surface area contributed by atoms with Crippen LogP contribution in [0, 0.1) is 0 Å². The van der Waals surface area contributed by atoms with Crippen molar-refractivity contribution in [3.05, 3.63) is 23.8 Å². The number of ether oxygens (including phenoxy) is 2. The number of carbonyl (C=O) groups excluding carboxylic acids is 1. The average Bonchev–Trinajstić information content (AvgIpc) is 2.47. The first-order valence-electron chi connectivity index (χ1n) is 7.08. The molecule has 2 aliphatic rings. The Kier molecular flexibility index (Phi) is 3.53. The minimum absolute atomic E-state index is 0.0741. The molecule has 2 heterocycles. The van der Waals surface area contributed by atoms with Gasteiger partial charge >= 0.3 is 0 Å². The summed E-state index contributed by atoms with van der Waals surface area (Å²) < 4.78 is 11.0. The molecule has 1 aromatic carbocycles. The Hall–Kier alpha value is -1.75. The molecule has 0 aliphatic carbocycles. The Morgan fingerprint density at radius 2 is 2.10 bits per heavy atom. The molecule has 2 aliphatic heterocycles. The molecular formula is C15H20N2O3. The van der Waals surface area contributed by atoms with Crippen molar-refractivity contribution >= 4 is 11.6 Å². The summed E-state index contributed by atoms with van der Waals surface area (Å²) in [4.78, 5) is 12.5. The van der Waals surface area contributed by atoms with E-state index < -0.39 is 0 Å². The lowest BCUT2D eigenvalue weighted by Gasteiger charge is -2.34. The Labute approximate surface area is 118 Å². The lowest BCUT2D eigenvalue weighted by molar-refractivity contribution is 0.0422. The molecule has 108 valence electrons. The number of hydrogen-bond acceptors (Lipinski definition) is 4. The SMILES string of the molecule is CC1(NC(=O)c2cccc3c2OCCN3)CCOCC1. The van der Waals surface area contributed by atoms with Crippen molar-refractivity contribution in [3.63, 3.8) is 0 Å². The lowest BCUT2D eigenvalue weighted by atomic mass is 9.92. The molecule has 2 N–H and O–H groups in total. The van der Waals surface area contributed by atoms with Gasteiger partial charge in [-0.15, -0.1) is 0 Å². The minimum Gasteiger partial charge on any atom is -0.489 e. The van der Waals surface area contributed by atoms with Gasteiger partial charge in [0.2, 0.25) is 0 Å². The number of nitrogens with one attached hydrogen (secondary N) is 2. The van der Waals surface area contributed by atoms with Crippen LogP contribution in [0.5, 0.6) is 5.75 Å². The molecule has 1 amide bonds. The smallest absolute Gasteiger partial charge is 0.255 e. The zero-order valence-electron chi connectivity index (χ0n) is 11.7. The van der Waals surface area contributed by atoms with Crippen molar-refractivity contribution in [2.75, 3.05) is 31.7 Å². The Morgan fingerprint density at radius 3 is 2.90 bits per heavy atom. The van der Waals surface area contributed by atoms with Gasteiger partial charge in [0.25, 0.3) is 5.91 Å². The second-order valence-corrected chi connectivity index (χ2v) is 5.58. The van der Waals surface area contributed by atoms with Crippen molar-refractivity contribution in [1.82, 2.24) is 5.32 Å². The first-order chi connectivity index (χ1) is 9.68. The van der Waals surface area contributed by atoms with Gasteiger partial charge in [0.05, 0.1) is 11.3 Å². The first kappa shape index (κ1) is 13.2. The van der Waals surface area contributed by atoms with Crippen molar-refractivity contribution in [2.24, 2.45) is 0 Å². The maximum absolute atomic E-state index is 12.5. The lowest BCUT2D eigenvalue weighted by Crippen LogP contribution is -2.49. The van der Waals surface area contributed by atoms with Crippen molar-refractivity contribution in [1.29, 1.82) is 0 Å². The van der Waals surface area contributed by atoms with Gasteiger partial charge in [-0.25, -0.2) is 0 Å². The van der Waals surface area contributed by atoms with Gasteiger partial charge < -0.3 is 20.1 Å². The Balaban J connectivity index is 1.80. The molecule has 0 aromatic heterocycles. The number of anilines is 1. The van der Waals surface area contributed by atoms with Crippen LogP contribution in [0.3, 0.4) is 0 Å². The summed E-state index contributed by atoms with van der Waals surface area (Å²) in [5, 5.41) is 6.38. The number of para-hydroxylation sites is 1. The highest BCUT2D eigenvalue weighted by molar-refractivity contribution is 5.99. The van der Waals surface area contributed by atoms with E-state index in [1.165, 1.54) is 0 Å². The van der Waals surface area contributed by atoms with Crippen LogP contribution in [0.1, 0.15) is 30.1 Å². The van der Waals surface area contributed by atoms with Gasteiger partial charge in [0.1, 0.15) is 6.61 Å². The van der Waals surface area contributed by atoms with E-state index in [0.29, 0.717) is 31.1 Å². The van der Waals surface area contributed by atoms with Gasteiger partial charge in [-0.05, 0) is 31.9 Å². The van der Waals surface area contributed by atoms with E-state index in [9.17, 15) is 4.79 Å². The van der Waals surface area contributed by atoms with Crippen LogP contribution in [-0.2, 0) is 4.74 Å². The van der Waals surface area contributed by atoms with E-state index in [4.69, 9.17) is 9.47 Å². The second-order valence-electron chi connectivity index (χ2n) is 5.58. The molecule has 20 heavy (non-hydrogen) atoms. The van der Waals surface area contributed by atoms with E-state index in [1.807, 2.05) is 18.2 Å². The molecule has 0 atom stereocenters. The molecule has 1 saturated heterocycles. The van der Waals surface area contributed by atoms with E-state index in [0.717, 1.165) is 25.1 Å². The number of hydrogen-bond donors (Lipinski definition) is 2. The van der Waals surface area contributed by atoms with Crippen LogP contribution >= 0.6 is 0 Å². The van der Waals surface area contributed by atoms with E-state index >= 15 is 0 Å². The zero-order chi connectivity index (χ0) is 14.0. The van der Waals surface area contributed by atoms with Crippen LogP contribution < -0.4 is 15.4 Å². The predicted molar refractivity (Wildman–Crippen MR) is 76.4 cm³/mol. The largest absolute Gasteiger partial charge is 0.489 e. The van der Waals surface area contributed by atoms with Crippen molar-refractivity contribution < 1.29 is 14.3 Å². The Morgan fingerprint density at radius 1 is 1.30 bits per heavy atom. The molecular weight excluding hydrogens is 256 g/mol. The van der Waals surface area contributed by atoms with E-state index in [2.05, 4.69) is 17.6 Å². The summed E-state index contributed by atoms with van der Waals surface area (Å²) in [5.74, 6) is 0.585. The van der Waals surface area contributed by atoms with Crippen molar-refractivity contribution in [2.45, 2.75) is 25.3 Å². The average molecular weight is 276 g/mol. The normalized spacial score (nSPS) is 20.2. The molecule has 0 radical (unpaired) electrons. The predicted octanol–water partition coefficient (Wildman–Crippen LogP) is 1.79. The summed E-state index contributed by atoms with van der Waals surface area (Å²) in [5.41, 5.74) is 1.30. The highest BCUT2D eigenvalue weighted by Gasteiger charge is 2.30. The summed E-state index contributed by atoms with van der Waals surface area (Å²) in [6, 6.07) is 5.62. The number of carbonyl (C=O) groups is 1. The number of amides is 1. The van der Waals surface area contributed by atoms with Crippen LogP contribution in [0.2, 0.25) is 0 Å². The van der Waals surface area contributed by atoms with Gasteiger partial charge in [0, 0.05) is 25.3 Å². The topological polar surface area (TPSA) is 59.6 Å². The molecule has 1 aromatic rings. The quantitative estimate of drug-likeness (QED) is 0.864. The fraction of sp³-hybridized carbons (Fsp3) is 0.533. The third kappa shape index (κ3) is 2.58. The van der Waals surface area contributed by atoms with Gasteiger partial charge in [0.15, 0.2) is 5.75 Å². The first-order valence-corrected chi connectivity index (χ1v) is 7.08. The monoisotopic (exact) mass is 276 g/mol. The molecule has 0 spiro atoms. The summed E-state index contributed by atoms with van der Waals surface area (Å²) in [6.45, 7) is 4.82. The maximum Gasteiger partial charge on any atom is 0.255 e. The molecule has 0 unspecified atom stereocenters. The molecule has 3 rings (SSSR count). The molecule has 5 nitrogen and oxygen atoms in total. The molecule has 0 saturated carbocycles. The molecule has 1 fully saturated rings. The van der Waals surface area contributed by atoms with E-state index in [-0.39, 0.29) is 11.4 Å². The van der Waals surface area contributed by atoms with Crippen molar-refractivity contribution in [3.8, 4) is 5.75 Å². The number of fused-ring (bicyclic) bond motifs is 1. The van der Waals surface area contributed by atoms with Crippen LogP contribution in [0.15, 0.2) is 18.2 Å². The molecule has 0 bridgehead atoms. The van der Waals surface area contributed by atoms with Crippen LogP contribution in [0.25, 0.3) is 0 Å².